The van der Waals surface area contributed by atoms with Gasteiger partial charge in [0.25, 0.3) is 0 Å². The van der Waals surface area contributed by atoms with Gasteiger partial charge in [0.05, 0.1) is 16.3 Å². The highest BCUT2D eigenvalue weighted by Gasteiger charge is 2.38. The number of hydrogen-bond donors (Lipinski definition) is 0. The number of aromatic nitrogens is 1. The van der Waals surface area contributed by atoms with Crippen LogP contribution in [0.4, 0.5) is 5.69 Å². The molecule has 9 heteroatoms. The van der Waals surface area contributed by atoms with E-state index in [-0.39, 0.29) is 23.3 Å². The predicted molar refractivity (Wildman–Crippen MR) is 132 cm³/mol. The molecular weight excluding hydrogens is 504 g/mol. The number of rotatable bonds is 4. The maximum absolute atomic E-state index is 13.2. The lowest BCUT2D eigenvalue weighted by molar-refractivity contribution is -0.135. The number of fused-ring (bicyclic) bond motifs is 1. The number of pyridine rings is 1. The highest BCUT2D eigenvalue weighted by atomic mass is 79.9. The molecule has 2 saturated heterocycles. The third-order valence-corrected chi connectivity index (χ3v) is 8.92. The van der Waals surface area contributed by atoms with Crippen LogP contribution in [0.25, 0.3) is 10.9 Å². The van der Waals surface area contributed by atoms with Crippen LogP contribution in [0.3, 0.4) is 0 Å². The summed E-state index contributed by atoms with van der Waals surface area (Å²) in [7, 11) is -3.59. The number of nitrogens with zero attached hydrogens (tertiary/aromatic N) is 4. The van der Waals surface area contributed by atoms with Gasteiger partial charge in [-0.3, -0.25) is 9.78 Å². The zero-order valence-corrected chi connectivity index (χ0v) is 20.5. The minimum absolute atomic E-state index is 0.0581. The van der Waals surface area contributed by atoms with Crippen LogP contribution in [0, 0.1) is 5.92 Å². The fourth-order valence-corrected chi connectivity index (χ4v) is 6.45. The Hall–Kier alpha value is -2.49. The number of amides is 1. The van der Waals surface area contributed by atoms with E-state index in [9.17, 15) is 13.2 Å². The summed E-state index contributed by atoms with van der Waals surface area (Å²) in [6.45, 7) is 3.36. The van der Waals surface area contributed by atoms with Gasteiger partial charge in [-0.15, -0.1) is 0 Å². The molecule has 2 aliphatic rings. The number of para-hydroxylation sites is 1. The summed E-state index contributed by atoms with van der Waals surface area (Å²) in [5.74, 6) is -0.230. The zero-order chi connectivity index (χ0) is 23.0. The zero-order valence-electron chi connectivity index (χ0n) is 18.1. The van der Waals surface area contributed by atoms with Crippen molar-refractivity contribution in [3.8, 4) is 0 Å². The van der Waals surface area contributed by atoms with E-state index in [0.717, 1.165) is 34.2 Å². The van der Waals surface area contributed by atoms with E-state index < -0.39 is 10.0 Å². The van der Waals surface area contributed by atoms with Crippen molar-refractivity contribution in [1.29, 1.82) is 0 Å². The summed E-state index contributed by atoms with van der Waals surface area (Å²) in [4.78, 5) is 22.1. The van der Waals surface area contributed by atoms with Gasteiger partial charge in [-0.2, -0.15) is 4.31 Å². The Balaban J connectivity index is 1.22. The summed E-state index contributed by atoms with van der Waals surface area (Å²) in [5, 5.41) is 1.12. The van der Waals surface area contributed by atoms with Crippen molar-refractivity contribution in [1.82, 2.24) is 14.2 Å². The molecule has 1 amide bonds. The van der Waals surface area contributed by atoms with Gasteiger partial charge in [-0.1, -0.05) is 34.1 Å². The van der Waals surface area contributed by atoms with Crippen molar-refractivity contribution in [2.24, 2.45) is 5.92 Å². The fraction of sp³-hybridized carbons (Fsp3) is 0.333. The molecule has 0 spiro atoms. The van der Waals surface area contributed by atoms with Crippen molar-refractivity contribution in [3.05, 3.63) is 65.3 Å². The molecule has 172 valence electrons. The maximum Gasteiger partial charge on any atom is 0.243 e. The molecule has 0 radical (unpaired) electrons. The first-order valence-electron chi connectivity index (χ1n) is 11.1. The van der Waals surface area contributed by atoms with Gasteiger partial charge in [0.1, 0.15) is 0 Å². The lowest BCUT2D eigenvalue weighted by Gasteiger charge is -2.37. The number of hydrogen-bond acceptors (Lipinski definition) is 5. The second-order valence-electron chi connectivity index (χ2n) is 8.46. The standard InChI is InChI=1S/C24H25BrN4O3S/c25-19-5-7-20(8-6-19)33(31,32)29-12-10-18(17-29)24(30)28-15-13-27(14-16-28)23-9-11-26-22-4-2-1-3-21(22)23/h1-9,11,18H,10,12-17H2. The molecule has 1 atom stereocenters. The fourth-order valence-electron chi connectivity index (χ4n) is 4.69. The molecule has 3 aromatic rings. The van der Waals surface area contributed by atoms with E-state index in [2.05, 4.69) is 31.9 Å². The van der Waals surface area contributed by atoms with Crippen LogP contribution in [-0.4, -0.2) is 67.8 Å². The van der Waals surface area contributed by atoms with Crippen molar-refractivity contribution < 1.29 is 13.2 Å². The molecule has 1 aromatic heterocycles. The molecule has 0 saturated carbocycles. The van der Waals surface area contributed by atoms with Gasteiger partial charge in [0.15, 0.2) is 0 Å². The Labute approximate surface area is 202 Å². The van der Waals surface area contributed by atoms with E-state index in [0.29, 0.717) is 26.1 Å². The third-order valence-electron chi connectivity index (χ3n) is 6.51. The van der Waals surface area contributed by atoms with Gasteiger partial charge in [0, 0.05) is 61.0 Å². The minimum atomic E-state index is -3.59. The van der Waals surface area contributed by atoms with Gasteiger partial charge in [-0.25, -0.2) is 8.42 Å². The first kappa shape index (κ1) is 22.3. The van der Waals surface area contributed by atoms with Crippen LogP contribution in [0.2, 0.25) is 0 Å². The Bertz CT molecular complexity index is 1270. The average Bonchev–Trinajstić information content (AvgIpc) is 3.35. The van der Waals surface area contributed by atoms with E-state index in [1.807, 2.05) is 35.4 Å². The molecule has 33 heavy (non-hydrogen) atoms. The summed E-state index contributed by atoms with van der Waals surface area (Å²) < 4.78 is 28.2. The van der Waals surface area contributed by atoms with Crippen LogP contribution < -0.4 is 4.90 Å². The average molecular weight is 529 g/mol. The van der Waals surface area contributed by atoms with Crippen LogP contribution in [0.5, 0.6) is 0 Å². The van der Waals surface area contributed by atoms with Crippen molar-refractivity contribution in [2.45, 2.75) is 11.3 Å². The monoisotopic (exact) mass is 528 g/mol. The number of benzene rings is 2. The molecule has 2 aromatic carbocycles. The highest BCUT2D eigenvalue weighted by Crippen LogP contribution is 2.29. The van der Waals surface area contributed by atoms with E-state index in [4.69, 9.17) is 0 Å². The summed E-state index contributed by atoms with van der Waals surface area (Å²) in [5.41, 5.74) is 2.10. The van der Waals surface area contributed by atoms with Crippen LogP contribution in [0.1, 0.15) is 6.42 Å². The Morgan fingerprint density at radius 3 is 2.42 bits per heavy atom. The lowest BCUT2D eigenvalue weighted by Crippen LogP contribution is -2.50. The van der Waals surface area contributed by atoms with Gasteiger partial charge in [0.2, 0.25) is 15.9 Å². The molecule has 3 heterocycles. The maximum atomic E-state index is 13.2. The van der Waals surface area contributed by atoms with Crippen LogP contribution in [0.15, 0.2) is 70.2 Å². The van der Waals surface area contributed by atoms with Gasteiger partial charge in [-0.05, 0) is 42.8 Å². The van der Waals surface area contributed by atoms with Crippen molar-refractivity contribution >= 4 is 48.5 Å². The topological polar surface area (TPSA) is 73.8 Å². The molecule has 2 fully saturated rings. The number of piperazine rings is 1. The molecule has 5 rings (SSSR count). The van der Waals surface area contributed by atoms with E-state index >= 15 is 0 Å². The quantitative estimate of drug-likeness (QED) is 0.519. The Morgan fingerprint density at radius 2 is 1.67 bits per heavy atom. The predicted octanol–water partition coefficient (Wildman–Crippen LogP) is 3.36. The lowest BCUT2D eigenvalue weighted by atomic mass is 10.1. The number of anilines is 1. The smallest absolute Gasteiger partial charge is 0.243 e. The number of carbonyl (C=O) groups excluding carboxylic acids is 1. The molecule has 1 unspecified atom stereocenters. The van der Waals surface area contributed by atoms with Gasteiger partial charge >= 0.3 is 0 Å². The van der Waals surface area contributed by atoms with Crippen LogP contribution in [-0.2, 0) is 14.8 Å². The van der Waals surface area contributed by atoms with E-state index in [1.165, 1.54) is 4.31 Å². The molecular formula is C24H25BrN4O3S. The number of sulfonamides is 1. The first-order chi connectivity index (χ1) is 15.9. The number of halogens is 1. The van der Waals surface area contributed by atoms with Crippen LogP contribution >= 0.6 is 15.9 Å². The second-order valence-corrected chi connectivity index (χ2v) is 11.3. The molecule has 0 aliphatic carbocycles. The minimum Gasteiger partial charge on any atom is -0.367 e. The molecule has 0 bridgehead atoms. The Kier molecular flexibility index (Phi) is 6.11. The molecule has 7 nitrogen and oxygen atoms in total. The Morgan fingerprint density at radius 1 is 0.939 bits per heavy atom. The summed E-state index contributed by atoms with van der Waals surface area (Å²) >= 11 is 3.33. The summed E-state index contributed by atoms with van der Waals surface area (Å²) in [6.07, 6.45) is 2.39. The normalized spacial score (nSPS) is 19.8. The SMILES string of the molecule is O=C(C1CCN(S(=O)(=O)c2ccc(Br)cc2)C1)N1CCN(c2ccnc3ccccc23)CC1. The van der Waals surface area contributed by atoms with Gasteiger partial charge < -0.3 is 9.80 Å². The second kappa shape index (κ2) is 9.04. The third kappa shape index (κ3) is 4.37. The van der Waals surface area contributed by atoms with E-state index in [1.54, 1.807) is 24.3 Å². The van der Waals surface area contributed by atoms with Crippen molar-refractivity contribution in [3.63, 3.8) is 0 Å². The largest absolute Gasteiger partial charge is 0.367 e. The highest BCUT2D eigenvalue weighted by molar-refractivity contribution is 9.10. The first-order valence-corrected chi connectivity index (χ1v) is 13.3. The molecule has 2 aliphatic heterocycles. The summed E-state index contributed by atoms with van der Waals surface area (Å²) in [6, 6.07) is 16.7. The number of carbonyl (C=O) groups is 1. The molecule has 0 N–H and O–H groups in total. The van der Waals surface area contributed by atoms with Crippen molar-refractivity contribution in [2.75, 3.05) is 44.2 Å².